The molecular weight excluding hydrogens is 615 g/mol. The third-order valence-electron chi connectivity index (χ3n) is 5.20. The van der Waals surface area contributed by atoms with E-state index in [9.17, 15) is 13.2 Å². The van der Waals surface area contributed by atoms with Crippen LogP contribution in [0.2, 0.25) is 39.3 Å². The van der Waals surface area contributed by atoms with E-state index in [0.717, 1.165) is 18.2 Å². The zero-order valence-corrected chi connectivity index (χ0v) is 27.0. The molecule has 0 radical (unpaired) electrons. The zero-order chi connectivity index (χ0) is 30.3. The Hall–Kier alpha value is -0.727. The third kappa shape index (κ3) is 22.1. The van der Waals surface area contributed by atoms with Gasteiger partial charge in [0.25, 0.3) is 0 Å². The van der Waals surface area contributed by atoms with Crippen molar-refractivity contribution in [3.63, 3.8) is 0 Å². The Kier molecular flexibility index (Phi) is 32.8. The molecule has 0 saturated heterocycles. The summed E-state index contributed by atoms with van der Waals surface area (Å²) < 4.78 is 69.0. The van der Waals surface area contributed by atoms with Gasteiger partial charge in [-0.1, -0.05) is 71.4 Å². The number of rotatable bonds is 4. The smallest absolute Gasteiger partial charge is 2.00 e. The summed E-state index contributed by atoms with van der Waals surface area (Å²) in [5, 5.41) is 0. The van der Waals surface area contributed by atoms with Gasteiger partial charge in [0.05, 0.1) is 0 Å². The van der Waals surface area contributed by atoms with Crippen molar-refractivity contribution in [2.24, 2.45) is 0 Å². The first-order valence-corrected chi connectivity index (χ1v) is 18.9. The Morgan fingerprint density at radius 2 is 1.05 bits per heavy atom. The summed E-state index contributed by atoms with van der Waals surface area (Å²) in [6.07, 6.45) is 6.03. The maximum absolute atomic E-state index is 12.0. The molecule has 0 spiro atoms. The summed E-state index contributed by atoms with van der Waals surface area (Å²) in [4.78, 5) is 2.49. The van der Waals surface area contributed by atoms with Gasteiger partial charge in [-0.15, -0.1) is 0 Å². The van der Waals surface area contributed by atoms with E-state index in [2.05, 4.69) is 90.6 Å². The summed E-state index contributed by atoms with van der Waals surface area (Å²) in [6.45, 7) is 33.3. The topological polar surface area (TPSA) is 82.8 Å². The van der Waals surface area contributed by atoms with Gasteiger partial charge in [-0.25, -0.2) is 0 Å². The predicted molar refractivity (Wildman–Crippen MR) is 136 cm³/mol. The number of halogens is 3. The van der Waals surface area contributed by atoms with E-state index in [1.54, 1.807) is 0 Å². The first-order chi connectivity index (χ1) is 17.3. The molecule has 0 atom stereocenters. The van der Waals surface area contributed by atoms with E-state index in [1.165, 1.54) is 57.1 Å². The van der Waals surface area contributed by atoms with Crippen molar-refractivity contribution in [3.05, 3.63) is 62.0 Å². The second-order valence-electron chi connectivity index (χ2n) is 9.87. The third-order valence-corrected chi connectivity index (χ3v) is 13.2. The van der Waals surface area contributed by atoms with Crippen molar-refractivity contribution >= 4 is 21.4 Å². The molecular formula is C26H37F3Fe2NO4Si2+. The van der Waals surface area contributed by atoms with Crippen LogP contribution in [0.3, 0.4) is 0 Å². The molecule has 1 saturated carbocycles. The molecule has 1 aliphatic rings. The minimum absolute atomic E-state index is 0. The van der Waals surface area contributed by atoms with Crippen LogP contribution in [0.25, 0.3) is 0 Å². The van der Waals surface area contributed by atoms with Crippen LogP contribution in [-0.2, 0) is 57.4 Å². The zero-order valence-electron chi connectivity index (χ0n) is 22.8. The molecule has 214 valence electrons. The summed E-state index contributed by atoms with van der Waals surface area (Å²) in [6, 6.07) is 5.58. The molecule has 0 aromatic heterocycles. The van der Waals surface area contributed by atoms with Crippen LogP contribution in [0.5, 0.6) is 0 Å². The van der Waals surface area contributed by atoms with Gasteiger partial charge in [0.2, 0.25) is 0 Å². The minimum atomic E-state index is -4.26. The Labute approximate surface area is 247 Å². The second-order valence-corrected chi connectivity index (χ2v) is 20.2. The van der Waals surface area contributed by atoms with Gasteiger partial charge in [0.15, 0.2) is 0 Å². The molecule has 1 aliphatic carbocycles. The molecule has 12 heteroatoms. The SMILES string of the molecule is C[Si](C)(C)N(C1CCCCCCC1)[Si](C)(C)C.FC(F)(F)c1ccc([C-]=[Fe])cc1.[C-]#[O+].[C-]#[O+].[C-]#[O+].[C-]#[O+].[Fe+2]. The number of hydrogen-bond donors (Lipinski definition) is 0. The van der Waals surface area contributed by atoms with Crippen molar-refractivity contribution in [2.45, 2.75) is 96.4 Å². The first-order valence-electron chi connectivity index (χ1n) is 11.4. The second kappa shape index (κ2) is 26.5. The van der Waals surface area contributed by atoms with E-state index < -0.39 is 28.2 Å². The molecule has 0 bridgehead atoms. The Balaban J connectivity index is -0.000000152. The van der Waals surface area contributed by atoms with Gasteiger partial charge in [0, 0.05) is 0 Å². The monoisotopic (exact) mass is 652 g/mol. The molecule has 0 aliphatic heterocycles. The molecule has 0 amide bonds. The average molecular weight is 652 g/mol. The number of alkyl halides is 3. The first kappa shape index (κ1) is 47.1. The van der Waals surface area contributed by atoms with Gasteiger partial charge in [-0.2, -0.15) is 0 Å². The summed E-state index contributed by atoms with van der Waals surface area (Å²) in [5.41, 5.74) is -0.0931. The number of hydrogen-bond acceptors (Lipinski definition) is 1. The van der Waals surface area contributed by atoms with Gasteiger partial charge in [-0.05, 0) is 18.9 Å². The molecule has 0 heterocycles. The Morgan fingerprint density at radius 3 is 1.32 bits per heavy atom. The number of benzene rings is 1. The molecule has 1 aromatic rings. The fraction of sp³-hybridized carbons (Fsp3) is 0.577. The van der Waals surface area contributed by atoms with E-state index in [0.29, 0.717) is 5.56 Å². The fourth-order valence-corrected chi connectivity index (χ4v) is 15.5. The van der Waals surface area contributed by atoms with E-state index >= 15 is 0 Å². The molecule has 38 heavy (non-hydrogen) atoms. The van der Waals surface area contributed by atoms with Crippen LogP contribution >= 0.6 is 0 Å². The van der Waals surface area contributed by atoms with Crippen molar-refractivity contribution in [3.8, 4) is 0 Å². The molecule has 2 rings (SSSR count). The molecule has 5 nitrogen and oxygen atoms in total. The fourth-order valence-electron chi connectivity index (χ4n) is 4.51. The molecule has 1 aromatic carbocycles. The van der Waals surface area contributed by atoms with Crippen molar-refractivity contribution in [1.29, 1.82) is 0 Å². The largest absolute Gasteiger partial charge is 2.00 e. The molecule has 0 N–H and O–H groups in total. The van der Waals surface area contributed by atoms with Gasteiger partial charge >= 0.3 is 138 Å². The summed E-state index contributed by atoms with van der Waals surface area (Å²) in [7, 11) is -2.31. The maximum atomic E-state index is 12.0. The van der Waals surface area contributed by atoms with E-state index in [1.807, 2.05) is 0 Å². The standard InChI is InChI=1S/C14H33NSi2.C8H4F3.4CO.2Fe/c1-16(2,3)15(17(4,5)6)14-12-10-8-7-9-11-13-14;1-6-2-4-7(5-3-6)8(9,10)11;4*1-2;;/h14H,7-13H2,1-6H3;2-5H;;;;;;/q;-1;;;;;;+2. The Morgan fingerprint density at radius 1 is 0.737 bits per heavy atom. The predicted octanol–water partition coefficient (Wildman–Crippen LogP) is 7.20. The van der Waals surface area contributed by atoms with Crippen LogP contribution in [-0.4, -0.2) is 31.7 Å². The Bertz CT molecular complexity index is 756. The van der Waals surface area contributed by atoms with Gasteiger partial charge in [0.1, 0.15) is 16.5 Å². The van der Waals surface area contributed by atoms with Crippen molar-refractivity contribution < 1.29 is 64.4 Å². The quantitative estimate of drug-likeness (QED) is 0.193. The van der Waals surface area contributed by atoms with Gasteiger partial charge in [-0.3, -0.25) is 0 Å². The van der Waals surface area contributed by atoms with Gasteiger partial charge < -0.3 is 4.23 Å². The maximum Gasteiger partial charge on any atom is 2.00 e. The van der Waals surface area contributed by atoms with E-state index in [4.69, 9.17) is 18.6 Å². The molecule has 1 fully saturated rings. The van der Waals surface area contributed by atoms with Crippen LogP contribution in [0.1, 0.15) is 56.1 Å². The van der Waals surface area contributed by atoms with Crippen LogP contribution in [0, 0.1) is 26.6 Å². The molecule has 0 unspecified atom stereocenters. The minimum Gasteiger partial charge on any atom is 2.00 e. The average Bonchev–Trinajstić information content (AvgIpc) is 2.84. The summed E-state index contributed by atoms with van der Waals surface area (Å²) in [5.74, 6) is 0. The number of nitrogens with zero attached hydrogens (tertiary/aromatic N) is 1. The van der Waals surface area contributed by atoms with Crippen LogP contribution in [0.4, 0.5) is 13.2 Å². The summed E-state index contributed by atoms with van der Waals surface area (Å²) >= 11 is 3.32. The van der Waals surface area contributed by atoms with Crippen LogP contribution < -0.4 is 0 Å². The van der Waals surface area contributed by atoms with Crippen molar-refractivity contribution in [2.75, 3.05) is 0 Å². The normalized spacial score (nSPS) is 13.3. The van der Waals surface area contributed by atoms with Crippen molar-refractivity contribution in [1.82, 2.24) is 4.23 Å². The van der Waals surface area contributed by atoms with Crippen LogP contribution in [0.15, 0.2) is 24.3 Å². The van der Waals surface area contributed by atoms with E-state index in [-0.39, 0.29) is 17.1 Å².